The number of likely N-dealkylation sites (N-methyl/N-ethyl adjacent to an activating group) is 2. The molecular formula is C31H35N7O4. The van der Waals surface area contributed by atoms with E-state index >= 15 is 0 Å². The maximum atomic E-state index is 13.3. The summed E-state index contributed by atoms with van der Waals surface area (Å²) in [6.07, 6.45) is 0. The van der Waals surface area contributed by atoms with Crippen LogP contribution in [0.2, 0.25) is 0 Å². The first-order chi connectivity index (χ1) is 20.1. The molecule has 0 aliphatic carbocycles. The minimum Gasteiger partial charge on any atom is -0.465 e. The molecule has 0 radical (unpaired) electrons. The molecule has 1 saturated heterocycles. The predicted molar refractivity (Wildman–Crippen MR) is 162 cm³/mol. The molecule has 0 bridgehead atoms. The summed E-state index contributed by atoms with van der Waals surface area (Å²) in [7, 11) is 4.97. The zero-order valence-corrected chi connectivity index (χ0v) is 23.9. The second kappa shape index (κ2) is 11.8. The lowest BCUT2D eigenvalue weighted by Crippen LogP contribution is -2.73. The van der Waals surface area contributed by atoms with Crippen LogP contribution in [0.1, 0.15) is 27.4 Å². The highest BCUT2D eigenvalue weighted by atomic mass is 16.5. The molecule has 5 N–H and O–H groups in total. The van der Waals surface area contributed by atoms with E-state index in [0.717, 1.165) is 18.7 Å². The van der Waals surface area contributed by atoms with Crippen LogP contribution >= 0.6 is 0 Å². The third-order valence-electron chi connectivity index (χ3n) is 7.81. The van der Waals surface area contributed by atoms with Crippen molar-refractivity contribution in [2.24, 2.45) is 16.5 Å². The number of rotatable bonds is 7. The van der Waals surface area contributed by atoms with Gasteiger partial charge in [-0.25, -0.2) is 4.79 Å². The number of nitrogens with two attached hydrogens (primary N) is 2. The van der Waals surface area contributed by atoms with Crippen LogP contribution in [0.3, 0.4) is 0 Å². The maximum absolute atomic E-state index is 13.3. The van der Waals surface area contributed by atoms with Gasteiger partial charge < -0.3 is 19.9 Å². The van der Waals surface area contributed by atoms with Crippen LogP contribution in [0, 0.1) is 0 Å². The van der Waals surface area contributed by atoms with E-state index in [9.17, 15) is 14.4 Å². The summed E-state index contributed by atoms with van der Waals surface area (Å²) < 4.78 is 4.82. The Morgan fingerprint density at radius 3 is 2.29 bits per heavy atom. The Labute approximate surface area is 244 Å². The lowest BCUT2D eigenvalue weighted by atomic mass is 9.90. The number of nitrogens with zero attached hydrogens (tertiary/aromatic N) is 4. The second-order valence-corrected chi connectivity index (χ2v) is 10.6. The number of hydrogen-bond acceptors (Lipinski definition) is 9. The van der Waals surface area contributed by atoms with Crippen molar-refractivity contribution in [3.63, 3.8) is 0 Å². The minimum atomic E-state index is -1.63. The van der Waals surface area contributed by atoms with Gasteiger partial charge in [0.25, 0.3) is 5.91 Å². The highest BCUT2D eigenvalue weighted by molar-refractivity contribution is 6.24. The molecule has 5 rings (SSSR count). The summed E-state index contributed by atoms with van der Waals surface area (Å²) in [5, 5.41) is 2.88. The minimum absolute atomic E-state index is 0.247. The van der Waals surface area contributed by atoms with Gasteiger partial charge in [-0.15, -0.1) is 0 Å². The number of anilines is 2. The Hall–Kier alpha value is -4.42. The normalized spacial score (nSPS) is 17.9. The molecule has 3 aromatic rings. The van der Waals surface area contributed by atoms with Gasteiger partial charge in [0.2, 0.25) is 11.7 Å². The maximum Gasteiger partial charge on any atom is 0.337 e. The molecule has 0 spiro atoms. The zero-order valence-electron chi connectivity index (χ0n) is 23.9. The van der Waals surface area contributed by atoms with Gasteiger partial charge in [0, 0.05) is 44.6 Å². The third kappa shape index (κ3) is 5.68. The van der Waals surface area contributed by atoms with Gasteiger partial charge in [0.15, 0.2) is 0 Å². The first-order valence-electron chi connectivity index (χ1n) is 13.7. The number of piperazine rings is 1. The Balaban J connectivity index is 1.43. The number of hydrogen-bond donors (Lipinski definition) is 3. The molecule has 0 aromatic heterocycles. The number of ether oxygens (including phenoxy) is 1. The standard InChI is InChI=1S/C31H35N7O4/c1-36-15-17-38(18-16-36)31(32,33)30(41)37(2)23-12-10-22(11-13-23)34-27(20-7-5-4-6-8-20)26-24-14-9-21(29(40)42-3)19-25(24)35-28(26)39/h4-14,19,26H,15-18,32-33H2,1-3H3,(H,35,39). The van der Waals surface area contributed by atoms with Crippen molar-refractivity contribution in [1.29, 1.82) is 0 Å². The zero-order chi connectivity index (χ0) is 30.0. The highest BCUT2D eigenvalue weighted by Crippen LogP contribution is 2.37. The number of carbonyl (C=O) groups excluding carboxylic acids is 3. The summed E-state index contributed by atoms with van der Waals surface area (Å²) in [5.74, 6) is -3.48. The number of aliphatic imine (C=N–C) groups is 1. The van der Waals surface area contributed by atoms with E-state index in [0.29, 0.717) is 47.0 Å². The van der Waals surface area contributed by atoms with E-state index in [-0.39, 0.29) is 5.91 Å². The first-order valence-corrected chi connectivity index (χ1v) is 13.7. The monoisotopic (exact) mass is 569 g/mol. The number of carbonyl (C=O) groups is 3. The van der Waals surface area contributed by atoms with Gasteiger partial charge >= 0.3 is 5.97 Å². The highest BCUT2D eigenvalue weighted by Gasteiger charge is 2.40. The summed E-state index contributed by atoms with van der Waals surface area (Å²) in [5.41, 5.74) is 16.8. The molecule has 42 heavy (non-hydrogen) atoms. The molecule has 11 heteroatoms. The molecule has 3 aromatic carbocycles. The molecule has 2 aliphatic rings. The lowest BCUT2D eigenvalue weighted by molar-refractivity contribution is -0.131. The van der Waals surface area contributed by atoms with Crippen LogP contribution in [-0.2, 0) is 14.3 Å². The quantitative estimate of drug-likeness (QED) is 0.223. The van der Waals surface area contributed by atoms with Crippen molar-refractivity contribution in [1.82, 2.24) is 9.80 Å². The van der Waals surface area contributed by atoms with Crippen molar-refractivity contribution < 1.29 is 19.1 Å². The molecule has 2 heterocycles. The van der Waals surface area contributed by atoms with Crippen molar-refractivity contribution >= 4 is 40.6 Å². The topological polar surface area (TPSA) is 147 Å². The molecule has 1 fully saturated rings. The number of nitrogens with one attached hydrogen (secondary N) is 1. The van der Waals surface area contributed by atoms with Crippen LogP contribution in [0.4, 0.5) is 17.1 Å². The average molecular weight is 570 g/mol. The molecule has 0 saturated carbocycles. The van der Waals surface area contributed by atoms with Gasteiger partial charge in [-0.2, -0.15) is 0 Å². The molecule has 2 aliphatic heterocycles. The first kappa shape index (κ1) is 29.1. The lowest BCUT2D eigenvalue weighted by Gasteiger charge is -2.42. The van der Waals surface area contributed by atoms with Crippen molar-refractivity contribution in [3.8, 4) is 0 Å². The van der Waals surface area contributed by atoms with E-state index in [1.165, 1.54) is 12.0 Å². The summed E-state index contributed by atoms with van der Waals surface area (Å²) in [4.78, 5) is 48.9. The van der Waals surface area contributed by atoms with Crippen LogP contribution in [0.5, 0.6) is 0 Å². The fourth-order valence-electron chi connectivity index (χ4n) is 5.27. The van der Waals surface area contributed by atoms with E-state index in [4.69, 9.17) is 21.2 Å². The van der Waals surface area contributed by atoms with Crippen LogP contribution in [0.25, 0.3) is 0 Å². The Bertz CT molecular complexity index is 1510. The summed E-state index contributed by atoms with van der Waals surface area (Å²) >= 11 is 0. The number of amides is 2. The Kier molecular flexibility index (Phi) is 8.19. The average Bonchev–Trinajstić information content (AvgIpc) is 3.34. The largest absolute Gasteiger partial charge is 0.465 e. The van der Waals surface area contributed by atoms with Gasteiger partial charge in [-0.05, 0) is 54.6 Å². The van der Waals surface area contributed by atoms with Crippen LogP contribution < -0.4 is 21.7 Å². The van der Waals surface area contributed by atoms with Crippen molar-refractivity contribution in [2.75, 3.05) is 57.6 Å². The summed E-state index contributed by atoms with van der Waals surface area (Å²) in [6, 6.07) is 21.5. The van der Waals surface area contributed by atoms with Crippen molar-refractivity contribution in [3.05, 3.63) is 89.5 Å². The number of esters is 1. The van der Waals surface area contributed by atoms with E-state index in [2.05, 4.69) is 10.2 Å². The fraction of sp³-hybridized carbons (Fsp3) is 0.290. The molecule has 2 amide bonds. The van der Waals surface area contributed by atoms with Gasteiger partial charge in [0.05, 0.1) is 24.1 Å². The molecule has 1 atom stereocenters. The summed E-state index contributed by atoms with van der Waals surface area (Å²) in [6.45, 7) is 2.75. The third-order valence-corrected chi connectivity index (χ3v) is 7.81. The molecule has 1 unspecified atom stereocenters. The Morgan fingerprint density at radius 1 is 0.976 bits per heavy atom. The Morgan fingerprint density at radius 2 is 1.64 bits per heavy atom. The molecular weight excluding hydrogens is 534 g/mol. The van der Waals surface area contributed by atoms with Crippen LogP contribution in [0.15, 0.2) is 77.8 Å². The smallest absolute Gasteiger partial charge is 0.337 e. The van der Waals surface area contributed by atoms with E-state index in [1.54, 1.807) is 54.4 Å². The number of benzene rings is 3. The predicted octanol–water partition coefficient (Wildman–Crippen LogP) is 2.11. The van der Waals surface area contributed by atoms with Gasteiger partial charge in [-0.3, -0.25) is 30.9 Å². The molecule has 11 nitrogen and oxygen atoms in total. The van der Waals surface area contributed by atoms with Gasteiger partial charge in [-0.1, -0.05) is 36.4 Å². The number of fused-ring (bicyclic) bond motifs is 1. The second-order valence-electron chi connectivity index (χ2n) is 10.6. The number of methoxy groups -OCH3 is 1. The SMILES string of the molecule is COC(=O)c1ccc2c(c1)NC(=O)C2C(=Nc1ccc(N(C)C(=O)C(N)(N)N2CCN(C)CC2)cc1)c1ccccc1. The van der Waals surface area contributed by atoms with E-state index in [1.807, 2.05) is 37.4 Å². The molecule has 218 valence electrons. The fourth-order valence-corrected chi connectivity index (χ4v) is 5.27. The van der Waals surface area contributed by atoms with E-state index < -0.39 is 23.6 Å². The van der Waals surface area contributed by atoms with Crippen LogP contribution in [-0.4, -0.2) is 86.5 Å². The van der Waals surface area contributed by atoms with Gasteiger partial charge in [0.1, 0.15) is 5.92 Å². The van der Waals surface area contributed by atoms with Crippen molar-refractivity contribution in [2.45, 2.75) is 11.7 Å².